The summed E-state index contributed by atoms with van der Waals surface area (Å²) in [5.41, 5.74) is 8.29. The van der Waals surface area contributed by atoms with E-state index in [4.69, 9.17) is 0 Å². The van der Waals surface area contributed by atoms with Crippen molar-refractivity contribution in [1.82, 2.24) is 9.97 Å². The average molecular weight is 264 g/mol. The second-order valence-corrected chi connectivity index (χ2v) is 5.32. The summed E-state index contributed by atoms with van der Waals surface area (Å²) in [6.07, 6.45) is 5.54. The van der Waals surface area contributed by atoms with Gasteiger partial charge in [-0.1, -0.05) is 11.6 Å². The number of benzene rings is 1. The van der Waals surface area contributed by atoms with Gasteiger partial charge in [0, 0.05) is 12.3 Å². The predicted octanol–water partition coefficient (Wildman–Crippen LogP) is 3.05. The third kappa shape index (κ3) is 1.95. The molecular weight excluding hydrogens is 246 g/mol. The number of pyridine rings is 1. The van der Waals surface area contributed by atoms with Crippen molar-refractivity contribution in [2.45, 2.75) is 20.8 Å². The number of hydrogen-bond acceptors (Lipinski definition) is 2. The van der Waals surface area contributed by atoms with Crippen molar-refractivity contribution in [1.29, 1.82) is 0 Å². The number of aryl methyl sites for hydroxylation is 3. The van der Waals surface area contributed by atoms with Crippen molar-refractivity contribution in [2.24, 2.45) is 7.05 Å². The zero-order valence-electron chi connectivity index (χ0n) is 12.3. The van der Waals surface area contributed by atoms with Crippen molar-refractivity contribution < 1.29 is 4.57 Å². The van der Waals surface area contributed by atoms with Gasteiger partial charge in [-0.15, -0.1) is 0 Å². The molecule has 0 fully saturated rings. The van der Waals surface area contributed by atoms with Gasteiger partial charge in [-0.2, -0.15) is 4.57 Å². The predicted molar refractivity (Wildman–Crippen MR) is 80.4 cm³/mol. The number of rotatable bonds is 1. The van der Waals surface area contributed by atoms with Gasteiger partial charge in [0.25, 0.3) is 0 Å². The third-order valence-electron chi connectivity index (χ3n) is 3.91. The Labute approximate surface area is 118 Å². The van der Waals surface area contributed by atoms with E-state index in [1.807, 2.05) is 18.5 Å². The fourth-order valence-corrected chi connectivity index (χ4v) is 2.66. The molecule has 0 aliphatic rings. The fraction of sp³-hybridized carbons (Fsp3) is 0.235. The summed E-state index contributed by atoms with van der Waals surface area (Å²) >= 11 is 0. The molecule has 0 N–H and O–H groups in total. The number of hydrogen-bond donors (Lipinski definition) is 0. The SMILES string of the molecule is Cc1cc(C)c(C)c(-c2cnc3cnccc3[n+]2C)c1. The zero-order valence-corrected chi connectivity index (χ0v) is 12.3. The molecule has 0 bridgehead atoms. The molecule has 0 saturated carbocycles. The van der Waals surface area contributed by atoms with Crippen molar-refractivity contribution in [3.8, 4) is 11.3 Å². The molecule has 100 valence electrons. The lowest BCUT2D eigenvalue weighted by atomic mass is 9.98. The van der Waals surface area contributed by atoms with Crippen molar-refractivity contribution in [3.05, 3.63) is 53.5 Å². The summed E-state index contributed by atoms with van der Waals surface area (Å²) in [6, 6.07) is 6.45. The summed E-state index contributed by atoms with van der Waals surface area (Å²) in [4.78, 5) is 8.66. The highest BCUT2D eigenvalue weighted by molar-refractivity contribution is 5.72. The molecule has 2 heterocycles. The van der Waals surface area contributed by atoms with E-state index in [1.54, 1.807) is 6.20 Å². The van der Waals surface area contributed by atoms with Gasteiger partial charge in [-0.25, -0.2) is 4.98 Å². The van der Waals surface area contributed by atoms with E-state index >= 15 is 0 Å². The van der Waals surface area contributed by atoms with Crippen molar-refractivity contribution in [2.75, 3.05) is 0 Å². The summed E-state index contributed by atoms with van der Waals surface area (Å²) in [5.74, 6) is 0. The minimum absolute atomic E-state index is 0.917. The van der Waals surface area contributed by atoms with Gasteiger partial charge in [-0.05, 0) is 38.0 Å². The zero-order chi connectivity index (χ0) is 14.3. The Morgan fingerprint density at radius 1 is 1.05 bits per heavy atom. The Kier molecular flexibility index (Phi) is 2.97. The molecule has 2 aromatic heterocycles. The van der Waals surface area contributed by atoms with E-state index in [1.165, 1.54) is 22.3 Å². The molecule has 3 nitrogen and oxygen atoms in total. The minimum Gasteiger partial charge on any atom is -0.262 e. The molecule has 0 aliphatic heterocycles. The molecule has 3 aromatic rings. The van der Waals surface area contributed by atoms with Gasteiger partial charge in [0.1, 0.15) is 13.2 Å². The van der Waals surface area contributed by atoms with Crippen LogP contribution in [0.3, 0.4) is 0 Å². The summed E-state index contributed by atoms with van der Waals surface area (Å²) in [5, 5.41) is 0. The maximum atomic E-state index is 4.54. The topological polar surface area (TPSA) is 29.7 Å². The molecule has 0 atom stereocenters. The van der Waals surface area contributed by atoms with E-state index in [2.05, 4.69) is 54.5 Å². The Bertz CT molecular complexity index is 807. The van der Waals surface area contributed by atoms with E-state index in [9.17, 15) is 0 Å². The fourth-order valence-electron chi connectivity index (χ4n) is 2.66. The van der Waals surface area contributed by atoms with Crippen molar-refractivity contribution >= 4 is 11.0 Å². The first-order valence-electron chi connectivity index (χ1n) is 6.75. The quantitative estimate of drug-likeness (QED) is 0.632. The molecule has 3 rings (SSSR count). The van der Waals surface area contributed by atoms with Crippen LogP contribution in [0.25, 0.3) is 22.3 Å². The van der Waals surface area contributed by atoms with Gasteiger partial charge < -0.3 is 0 Å². The van der Waals surface area contributed by atoms with Crippen LogP contribution in [0.1, 0.15) is 16.7 Å². The lowest BCUT2D eigenvalue weighted by Gasteiger charge is -2.09. The number of nitrogens with zero attached hydrogens (tertiary/aromatic N) is 3. The number of aromatic nitrogens is 3. The van der Waals surface area contributed by atoms with Crippen LogP contribution >= 0.6 is 0 Å². The third-order valence-corrected chi connectivity index (χ3v) is 3.91. The molecule has 0 unspecified atom stereocenters. The van der Waals surface area contributed by atoms with E-state index in [0.29, 0.717) is 0 Å². The molecule has 0 aliphatic carbocycles. The van der Waals surface area contributed by atoms with Crippen LogP contribution < -0.4 is 4.57 Å². The molecule has 0 radical (unpaired) electrons. The van der Waals surface area contributed by atoms with E-state index in [-0.39, 0.29) is 0 Å². The standard InChI is InChI=1S/C17H18N3/c1-11-7-12(2)13(3)14(8-11)17-10-19-15-9-18-6-5-16(15)20(17)4/h5-10H,1-4H3/q+1. The van der Waals surface area contributed by atoms with E-state index in [0.717, 1.165) is 16.7 Å². The van der Waals surface area contributed by atoms with Crippen LogP contribution in [0, 0.1) is 20.8 Å². The summed E-state index contributed by atoms with van der Waals surface area (Å²) in [6.45, 7) is 6.46. The van der Waals surface area contributed by atoms with Gasteiger partial charge in [-0.3, -0.25) is 4.98 Å². The van der Waals surface area contributed by atoms with Crippen LogP contribution in [0.2, 0.25) is 0 Å². The Morgan fingerprint density at radius 2 is 1.85 bits per heavy atom. The molecular formula is C17H18N3+. The summed E-state index contributed by atoms with van der Waals surface area (Å²) in [7, 11) is 2.08. The Balaban J connectivity index is 2.33. The number of fused-ring (bicyclic) bond motifs is 1. The first kappa shape index (κ1) is 12.7. The lowest BCUT2D eigenvalue weighted by Crippen LogP contribution is -2.32. The summed E-state index contributed by atoms with van der Waals surface area (Å²) < 4.78 is 2.19. The Hall–Kier alpha value is -2.29. The molecule has 0 amide bonds. The highest BCUT2D eigenvalue weighted by Gasteiger charge is 2.17. The first-order valence-corrected chi connectivity index (χ1v) is 6.75. The minimum atomic E-state index is 0.917. The lowest BCUT2D eigenvalue weighted by molar-refractivity contribution is -0.634. The molecule has 1 aromatic carbocycles. The smallest absolute Gasteiger partial charge is 0.234 e. The molecule has 3 heteroatoms. The van der Waals surface area contributed by atoms with Gasteiger partial charge in [0.15, 0.2) is 5.52 Å². The highest BCUT2D eigenvalue weighted by atomic mass is 15.0. The molecule has 0 spiro atoms. The first-order chi connectivity index (χ1) is 9.58. The normalized spacial score (nSPS) is 11.0. The van der Waals surface area contributed by atoms with Gasteiger partial charge in [0.05, 0.1) is 11.8 Å². The monoisotopic (exact) mass is 264 g/mol. The van der Waals surface area contributed by atoms with Crippen molar-refractivity contribution in [3.63, 3.8) is 0 Å². The van der Waals surface area contributed by atoms with E-state index < -0.39 is 0 Å². The maximum absolute atomic E-state index is 4.54. The highest BCUT2D eigenvalue weighted by Crippen LogP contribution is 2.25. The Morgan fingerprint density at radius 3 is 2.65 bits per heavy atom. The molecule has 20 heavy (non-hydrogen) atoms. The maximum Gasteiger partial charge on any atom is 0.234 e. The second-order valence-electron chi connectivity index (χ2n) is 5.32. The average Bonchev–Trinajstić information content (AvgIpc) is 2.44. The van der Waals surface area contributed by atoms with Crippen LogP contribution in [0.15, 0.2) is 36.8 Å². The van der Waals surface area contributed by atoms with Gasteiger partial charge >= 0.3 is 0 Å². The van der Waals surface area contributed by atoms with Crippen LogP contribution in [0.5, 0.6) is 0 Å². The van der Waals surface area contributed by atoms with Crippen LogP contribution in [-0.4, -0.2) is 9.97 Å². The van der Waals surface area contributed by atoms with Crippen LogP contribution in [0.4, 0.5) is 0 Å². The van der Waals surface area contributed by atoms with Crippen LogP contribution in [-0.2, 0) is 7.05 Å². The largest absolute Gasteiger partial charge is 0.262 e. The molecule has 0 saturated heterocycles. The van der Waals surface area contributed by atoms with Gasteiger partial charge in [0.2, 0.25) is 11.2 Å². The second kappa shape index (κ2) is 4.67.